The molecule has 7 nitrogen and oxygen atoms in total. The SMILES string of the molecule is COC(=O)c1ccccc1NC(=O)c1cnc(O[C@H]2CCOC2)c(Cl)c1. The molecule has 1 fully saturated rings. The van der Waals surface area contributed by atoms with E-state index in [4.69, 9.17) is 25.8 Å². The maximum Gasteiger partial charge on any atom is 0.339 e. The lowest BCUT2D eigenvalue weighted by Gasteiger charge is -2.13. The van der Waals surface area contributed by atoms with Crippen LogP contribution in [0, 0.1) is 0 Å². The number of esters is 1. The van der Waals surface area contributed by atoms with E-state index in [1.165, 1.54) is 19.4 Å². The first-order valence-electron chi connectivity index (χ1n) is 7.97. The maximum atomic E-state index is 12.5. The lowest BCUT2D eigenvalue weighted by molar-refractivity contribution is 0.0602. The second-order valence-corrected chi connectivity index (χ2v) is 6.01. The number of benzene rings is 1. The van der Waals surface area contributed by atoms with E-state index in [9.17, 15) is 9.59 Å². The molecule has 3 rings (SSSR count). The minimum absolute atomic E-state index is 0.0911. The zero-order valence-electron chi connectivity index (χ0n) is 14.0. The van der Waals surface area contributed by atoms with Gasteiger partial charge in [-0.05, 0) is 18.2 Å². The third kappa shape index (κ3) is 4.12. The van der Waals surface area contributed by atoms with Gasteiger partial charge >= 0.3 is 5.97 Å². The summed E-state index contributed by atoms with van der Waals surface area (Å²) in [6.07, 6.45) is 2.05. The molecule has 1 aromatic heterocycles. The van der Waals surface area contributed by atoms with Crippen molar-refractivity contribution in [3.8, 4) is 5.88 Å². The van der Waals surface area contributed by atoms with Crippen LogP contribution in [0.2, 0.25) is 5.02 Å². The van der Waals surface area contributed by atoms with Crippen LogP contribution < -0.4 is 10.1 Å². The van der Waals surface area contributed by atoms with Crippen LogP contribution in [-0.2, 0) is 9.47 Å². The van der Waals surface area contributed by atoms with Gasteiger partial charge in [0, 0.05) is 12.6 Å². The molecule has 1 atom stereocenters. The predicted octanol–water partition coefficient (Wildman–Crippen LogP) is 2.94. The Bertz CT molecular complexity index is 821. The highest BCUT2D eigenvalue weighted by Gasteiger charge is 2.20. The van der Waals surface area contributed by atoms with E-state index in [1.807, 2.05) is 0 Å². The molecule has 0 spiro atoms. The molecule has 1 saturated heterocycles. The average Bonchev–Trinajstić information content (AvgIpc) is 3.16. The predicted molar refractivity (Wildman–Crippen MR) is 94.8 cm³/mol. The Morgan fingerprint density at radius 1 is 1.35 bits per heavy atom. The molecule has 0 saturated carbocycles. The van der Waals surface area contributed by atoms with Gasteiger partial charge < -0.3 is 19.5 Å². The molecule has 0 bridgehead atoms. The number of nitrogens with zero attached hydrogens (tertiary/aromatic N) is 1. The highest BCUT2D eigenvalue weighted by Crippen LogP contribution is 2.26. The third-order valence-corrected chi connectivity index (χ3v) is 4.09. The number of ether oxygens (including phenoxy) is 3. The third-order valence-electron chi connectivity index (χ3n) is 3.82. The molecule has 1 N–H and O–H groups in total. The molecular weight excluding hydrogens is 360 g/mol. The van der Waals surface area contributed by atoms with Crippen molar-refractivity contribution in [1.29, 1.82) is 0 Å². The summed E-state index contributed by atoms with van der Waals surface area (Å²) < 4.78 is 15.6. The standard InChI is InChI=1S/C18H17ClN2O5/c1-24-18(23)13-4-2-3-5-15(13)21-16(22)11-8-14(19)17(20-9-11)26-12-6-7-25-10-12/h2-5,8-9,12H,6-7,10H2,1H3,(H,21,22)/t12-/m0/s1. The minimum atomic E-state index is -0.542. The normalized spacial score (nSPS) is 16.2. The van der Waals surface area contributed by atoms with E-state index in [1.54, 1.807) is 24.3 Å². The number of para-hydroxylation sites is 1. The van der Waals surface area contributed by atoms with Crippen LogP contribution in [0.4, 0.5) is 5.69 Å². The number of amides is 1. The fourth-order valence-corrected chi connectivity index (χ4v) is 2.69. The number of hydrogen-bond acceptors (Lipinski definition) is 6. The van der Waals surface area contributed by atoms with Gasteiger partial charge in [0.05, 0.1) is 37.1 Å². The Balaban J connectivity index is 1.74. The van der Waals surface area contributed by atoms with Crippen molar-refractivity contribution in [2.24, 2.45) is 0 Å². The van der Waals surface area contributed by atoms with Crippen molar-refractivity contribution in [3.63, 3.8) is 0 Å². The summed E-state index contributed by atoms with van der Waals surface area (Å²) in [5, 5.41) is 2.89. The first-order valence-corrected chi connectivity index (χ1v) is 8.35. The Kier molecular flexibility index (Phi) is 5.70. The number of methoxy groups -OCH3 is 1. The maximum absolute atomic E-state index is 12.5. The van der Waals surface area contributed by atoms with Gasteiger partial charge in [0.15, 0.2) is 0 Å². The lowest BCUT2D eigenvalue weighted by atomic mass is 10.1. The Morgan fingerprint density at radius 3 is 2.85 bits per heavy atom. The number of nitrogens with one attached hydrogen (secondary N) is 1. The van der Waals surface area contributed by atoms with Crippen LogP contribution in [0.1, 0.15) is 27.1 Å². The van der Waals surface area contributed by atoms with E-state index in [0.717, 1.165) is 6.42 Å². The summed E-state index contributed by atoms with van der Waals surface area (Å²) in [5.41, 5.74) is 0.831. The van der Waals surface area contributed by atoms with Crippen LogP contribution in [-0.4, -0.2) is 43.3 Å². The Morgan fingerprint density at radius 2 is 2.15 bits per heavy atom. The summed E-state index contributed by atoms with van der Waals surface area (Å²) in [4.78, 5) is 28.4. The number of aromatic nitrogens is 1. The first-order chi connectivity index (χ1) is 12.6. The second-order valence-electron chi connectivity index (χ2n) is 5.61. The van der Waals surface area contributed by atoms with Gasteiger partial charge in [0.2, 0.25) is 5.88 Å². The Hall–Kier alpha value is -2.64. The van der Waals surface area contributed by atoms with Gasteiger partial charge in [-0.1, -0.05) is 23.7 Å². The number of carbonyl (C=O) groups is 2. The van der Waals surface area contributed by atoms with Gasteiger partial charge in [-0.2, -0.15) is 0 Å². The van der Waals surface area contributed by atoms with Crippen LogP contribution >= 0.6 is 11.6 Å². The van der Waals surface area contributed by atoms with Crippen molar-refractivity contribution in [2.75, 3.05) is 25.6 Å². The van der Waals surface area contributed by atoms with Gasteiger partial charge in [-0.25, -0.2) is 9.78 Å². The number of rotatable bonds is 5. The van der Waals surface area contributed by atoms with Gasteiger partial charge in [0.25, 0.3) is 5.91 Å². The van der Waals surface area contributed by atoms with Crippen molar-refractivity contribution in [3.05, 3.63) is 52.7 Å². The smallest absolute Gasteiger partial charge is 0.339 e. The second kappa shape index (κ2) is 8.16. The van der Waals surface area contributed by atoms with E-state index < -0.39 is 11.9 Å². The summed E-state index contributed by atoms with van der Waals surface area (Å²) in [5.74, 6) is -0.736. The Labute approximate surface area is 155 Å². The summed E-state index contributed by atoms with van der Waals surface area (Å²) >= 11 is 6.18. The molecule has 136 valence electrons. The van der Waals surface area contributed by atoms with Gasteiger partial charge in [0.1, 0.15) is 11.1 Å². The molecule has 1 amide bonds. The molecule has 1 aliphatic rings. The van der Waals surface area contributed by atoms with Crippen LogP contribution in [0.25, 0.3) is 0 Å². The molecule has 1 aromatic carbocycles. The molecule has 2 aromatic rings. The molecule has 0 aliphatic carbocycles. The molecule has 0 radical (unpaired) electrons. The van der Waals surface area contributed by atoms with E-state index in [2.05, 4.69) is 10.3 Å². The van der Waals surface area contributed by atoms with Crippen LogP contribution in [0.15, 0.2) is 36.5 Å². The molecule has 2 heterocycles. The number of anilines is 1. The summed E-state index contributed by atoms with van der Waals surface area (Å²) in [6, 6.07) is 8.02. The molecule has 26 heavy (non-hydrogen) atoms. The number of halogens is 1. The number of carbonyl (C=O) groups excluding carboxylic acids is 2. The zero-order chi connectivity index (χ0) is 18.5. The first kappa shape index (κ1) is 18.2. The van der Waals surface area contributed by atoms with Crippen LogP contribution in [0.3, 0.4) is 0 Å². The van der Waals surface area contributed by atoms with Crippen LogP contribution in [0.5, 0.6) is 5.88 Å². The monoisotopic (exact) mass is 376 g/mol. The van der Waals surface area contributed by atoms with Crippen molar-refractivity contribution >= 4 is 29.2 Å². The van der Waals surface area contributed by atoms with Gasteiger partial charge in [-0.3, -0.25) is 4.79 Å². The number of pyridine rings is 1. The fraction of sp³-hybridized carbons (Fsp3) is 0.278. The van der Waals surface area contributed by atoms with Crippen molar-refractivity contribution in [2.45, 2.75) is 12.5 Å². The van der Waals surface area contributed by atoms with Crippen molar-refractivity contribution < 1.29 is 23.8 Å². The summed E-state index contributed by atoms with van der Waals surface area (Å²) in [6.45, 7) is 1.13. The zero-order valence-corrected chi connectivity index (χ0v) is 14.8. The van der Waals surface area contributed by atoms with E-state index in [-0.39, 0.29) is 28.1 Å². The minimum Gasteiger partial charge on any atom is -0.471 e. The lowest BCUT2D eigenvalue weighted by Crippen LogP contribution is -2.18. The molecule has 8 heteroatoms. The van der Waals surface area contributed by atoms with E-state index >= 15 is 0 Å². The van der Waals surface area contributed by atoms with E-state index in [0.29, 0.717) is 18.9 Å². The highest BCUT2D eigenvalue weighted by atomic mass is 35.5. The topological polar surface area (TPSA) is 86.8 Å². The molecule has 1 aliphatic heterocycles. The molecule has 0 unspecified atom stereocenters. The largest absolute Gasteiger partial charge is 0.471 e. The average molecular weight is 377 g/mol. The fourth-order valence-electron chi connectivity index (χ4n) is 2.47. The van der Waals surface area contributed by atoms with Gasteiger partial charge in [-0.15, -0.1) is 0 Å². The number of hydrogen-bond donors (Lipinski definition) is 1. The quantitative estimate of drug-likeness (QED) is 0.807. The summed E-state index contributed by atoms with van der Waals surface area (Å²) in [7, 11) is 1.28. The van der Waals surface area contributed by atoms with Crippen molar-refractivity contribution in [1.82, 2.24) is 4.98 Å². The molecular formula is C18H17ClN2O5. The highest BCUT2D eigenvalue weighted by molar-refractivity contribution is 6.32.